The molecule has 8 heteroatoms. The summed E-state index contributed by atoms with van der Waals surface area (Å²) in [4.78, 5) is 26.5. The van der Waals surface area contributed by atoms with Crippen molar-refractivity contribution >= 4 is 28.6 Å². The van der Waals surface area contributed by atoms with Crippen LogP contribution in [0.2, 0.25) is 0 Å². The zero-order valence-corrected chi connectivity index (χ0v) is 20.0. The molecule has 5 rings (SSSR count). The molecule has 184 valence electrons. The van der Waals surface area contributed by atoms with E-state index in [2.05, 4.69) is 10.2 Å². The van der Waals surface area contributed by atoms with Gasteiger partial charge in [0.15, 0.2) is 0 Å². The van der Waals surface area contributed by atoms with Gasteiger partial charge in [-0.15, -0.1) is 0 Å². The molecule has 2 fully saturated rings. The molecule has 2 N–H and O–H groups in total. The molecule has 1 amide bonds. The van der Waals surface area contributed by atoms with Crippen molar-refractivity contribution in [2.24, 2.45) is 0 Å². The number of hydrogen-bond donors (Lipinski definition) is 2. The molecule has 35 heavy (non-hydrogen) atoms. The van der Waals surface area contributed by atoms with E-state index in [1.807, 2.05) is 42.5 Å². The molecule has 0 bridgehead atoms. The van der Waals surface area contributed by atoms with Crippen LogP contribution in [-0.4, -0.2) is 71.3 Å². The minimum absolute atomic E-state index is 0.0156. The molecule has 0 radical (unpaired) electrons. The number of para-hydroxylation sites is 1. The number of aliphatic hydroxyl groups is 1. The van der Waals surface area contributed by atoms with Gasteiger partial charge in [-0.05, 0) is 62.4 Å². The van der Waals surface area contributed by atoms with E-state index in [-0.39, 0.29) is 12.0 Å². The van der Waals surface area contributed by atoms with E-state index < -0.39 is 0 Å². The van der Waals surface area contributed by atoms with E-state index in [1.54, 1.807) is 11.0 Å². The van der Waals surface area contributed by atoms with Crippen molar-refractivity contribution in [3.05, 3.63) is 54.1 Å². The molecule has 3 aromatic rings. The molecule has 2 aromatic carbocycles. The van der Waals surface area contributed by atoms with Gasteiger partial charge in [0.25, 0.3) is 5.91 Å². The van der Waals surface area contributed by atoms with Crippen molar-refractivity contribution in [2.45, 2.75) is 38.2 Å². The highest BCUT2D eigenvalue weighted by atomic mass is 16.5. The van der Waals surface area contributed by atoms with Gasteiger partial charge in [-0.3, -0.25) is 4.79 Å². The Balaban J connectivity index is 1.21. The number of carbonyl (C=O) groups excluding carboxylic acids is 1. The monoisotopic (exact) mass is 475 g/mol. The molecule has 2 aliphatic heterocycles. The topological polar surface area (TPSA) is 90.8 Å². The standard InChI is InChI=1S/C27H33N5O3/c33-21-11-16-31(17-12-21)26(34)20-7-6-8-22(19-20)35-18-13-28-25-23-9-2-3-10-24(23)29-27(30-25)32-14-4-1-5-15-32/h2-3,6-10,19,21,33H,1,4-5,11-18H2,(H,28,29,30). The minimum Gasteiger partial charge on any atom is -0.492 e. The summed E-state index contributed by atoms with van der Waals surface area (Å²) >= 11 is 0. The van der Waals surface area contributed by atoms with Crippen molar-refractivity contribution < 1.29 is 14.6 Å². The summed E-state index contributed by atoms with van der Waals surface area (Å²) < 4.78 is 5.95. The van der Waals surface area contributed by atoms with E-state index in [1.165, 1.54) is 19.3 Å². The second-order valence-corrected chi connectivity index (χ2v) is 9.26. The van der Waals surface area contributed by atoms with E-state index in [4.69, 9.17) is 14.7 Å². The molecular formula is C27H33N5O3. The number of aliphatic hydroxyl groups excluding tert-OH is 1. The highest BCUT2D eigenvalue weighted by molar-refractivity contribution is 5.94. The van der Waals surface area contributed by atoms with E-state index in [0.29, 0.717) is 50.4 Å². The number of likely N-dealkylation sites (tertiary alicyclic amines) is 1. The smallest absolute Gasteiger partial charge is 0.253 e. The van der Waals surface area contributed by atoms with Crippen LogP contribution in [0.4, 0.5) is 11.8 Å². The number of hydrogen-bond acceptors (Lipinski definition) is 7. The Morgan fingerprint density at radius 3 is 2.63 bits per heavy atom. The number of carbonyl (C=O) groups is 1. The van der Waals surface area contributed by atoms with E-state index in [0.717, 1.165) is 35.8 Å². The van der Waals surface area contributed by atoms with E-state index in [9.17, 15) is 9.90 Å². The normalized spacial score (nSPS) is 16.9. The Labute approximate surface area is 205 Å². The van der Waals surface area contributed by atoms with Gasteiger partial charge in [-0.1, -0.05) is 18.2 Å². The summed E-state index contributed by atoms with van der Waals surface area (Å²) in [6.45, 7) is 4.16. The fraction of sp³-hybridized carbons (Fsp3) is 0.444. The largest absolute Gasteiger partial charge is 0.492 e. The number of aromatic nitrogens is 2. The maximum atomic E-state index is 12.8. The fourth-order valence-electron chi connectivity index (χ4n) is 4.74. The van der Waals surface area contributed by atoms with Crippen molar-refractivity contribution in [2.75, 3.05) is 49.5 Å². The lowest BCUT2D eigenvalue weighted by atomic mass is 10.1. The lowest BCUT2D eigenvalue weighted by Gasteiger charge is -2.29. The maximum Gasteiger partial charge on any atom is 0.253 e. The summed E-state index contributed by atoms with van der Waals surface area (Å²) in [6, 6.07) is 15.4. The van der Waals surface area contributed by atoms with Crippen LogP contribution in [0.1, 0.15) is 42.5 Å². The summed E-state index contributed by atoms with van der Waals surface area (Å²) in [6.07, 6.45) is 4.57. The van der Waals surface area contributed by atoms with Crippen LogP contribution < -0.4 is 15.0 Å². The first kappa shape index (κ1) is 23.4. The van der Waals surface area contributed by atoms with Crippen LogP contribution in [0.5, 0.6) is 5.75 Å². The second-order valence-electron chi connectivity index (χ2n) is 9.26. The lowest BCUT2D eigenvalue weighted by Crippen LogP contribution is -2.40. The second kappa shape index (κ2) is 10.9. The highest BCUT2D eigenvalue weighted by Crippen LogP contribution is 2.25. The van der Waals surface area contributed by atoms with Crippen LogP contribution in [0.15, 0.2) is 48.5 Å². The first-order valence-corrected chi connectivity index (χ1v) is 12.6. The molecule has 0 atom stereocenters. The van der Waals surface area contributed by atoms with Gasteiger partial charge in [0.2, 0.25) is 5.95 Å². The third kappa shape index (κ3) is 5.65. The van der Waals surface area contributed by atoms with Crippen LogP contribution in [-0.2, 0) is 0 Å². The molecule has 0 saturated carbocycles. The quantitative estimate of drug-likeness (QED) is 0.504. The van der Waals surface area contributed by atoms with Crippen molar-refractivity contribution in [1.82, 2.24) is 14.9 Å². The van der Waals surface area contributed by atoms with Crippen molar-refractivity contribution in [1.29, 1.82) is 0 Å². The zero-order valence-electron chi connectivity index (χ0n) is 20.0. The molecule has 2 aliphatic rings. The number of nitrogens with zero attached hydrogens (tertiary/aromatic N) is 4. The van der Waals surface area contributed by atoms with Gasteiger partial charge in [0.05, 0.1) is 18.2 Å². The average Bonchev–Trinajstić information content (AvgIpc) is 2.91. The molecule has 0 unspecified atom stereocenters. The minimum atomic E-state index is -0.302. The fourth-order valence-corrected chi connectivity index (χ4v) is 4.74. The number of piperidine rings is 2. The molecule has 8 nitrogen and oxygen atoms in total. The molecule has 0 spiro atoms. The maximum absolute atomic E-state index is 12.8. The number of rotatable bonds is 7. The average molecular weight is 476 g/mol. The summed E-state index contributed by atoms with van der Waals surface area (Å²) in [5, 5.41) is 14.1. The zero-order chi connectivity index (χ0) is 24.0. The predicted molar refractivity (Wildman–Crippen MR) is 137 cm³/mol. The summed E-state index contributed by atoms with van der Waals surface area (Å²) in [7, 11) is 0. The van der Waals surface area contributed by atoms with Gasteiger partial charge < -0.3 is 25.0 Å². The Morgan fingerprint density at radius 1 is 1.00 bits per heavy atom. The number of ether oxygens (including phenoxy) is 1. The number of amides is 1. The van der Waals surface area contributed by atoms with Crippen LogP contribution >= 0.6 is 0 Å². The van der Waals surface area contributed by atoms with Gasteiger partial charge in [-0.2, -0.15) is 4.98 Å². The lowest BCUT2D eigenvalue weighted by molar-refractivity contribution is 0.0546. The third-order valence-corrected chi connectivity index (χ3v) is 6.73. The highest BCUT2D eigenvalue weighted by Gasteiger charge is 2.22. The molecule has 1 aromatic heterocycles. The Kier molecular flexibility index (Phi) is 7.28. The van der Waals surface area contributed by atoms with E-state index >= 15 is 0 Å². The predicted octanol–water partition coefficient (Wildman–Crippen LogP) is 3.71. The molecule has 0 aliphatic carbocycles. The molecular weight excluding hydrogens is 442 g/mol. The SMILES string of the molecule is O=C(c1cccc(OCCNc2nc(N3CCCCC3)nc3ccccc23)c1)N1CCC(O)CC1. The summed E-state index contributed by atoms with van der Waals surface area (Å²) in [5.74, 6) is 2.24. The van der Waals surface area contributed by atoms with Crippen LogP contribution in [0.25, 0.3) is 10.9 Å². The van der Waals surface area contributed by atoms with Crippen LogP contribution in [0.3, 0.4) is 0 Å². The first-order chi connectivity index (χ1) is 17.2. The number of benzene rings is 2. The molecule has 3 heterocycles. The molecule has 2 saturated heterocycles. The first-order valence-electron chi connectivity index (χ1n) is 12.6. The summed E-state index contributed by atoms with van der Waals surface area (Å²) in [5.41, 5.74) is 1.54. The van der Waals surface area contributed by atoms with Crippen molar-refractivity contribution in [3.63, 3.8) is 0 Å². The Hall–Kier alpha value is -3.39. The Bertz CT molecular complexity index is 1160. The Morgan fingerprint density at radius 2 is 1.80 bits per heavy atom. The number of anilines is 2. The van der Waals surface area contributed by atoms with Gasteiger partial charge in [-0.25, -0.2) is 4.98 Å². The number of nitrogens with one attached hydrogen (secondary N) is 1. The van der Waals surface area contributed by atoms with Crippen LogP contribution in [0, 0.1) is 0 Å². The van der Waals surface area contributed by atoms with Gasteiger partial charge in [0, 0.05) is 37.1 Å². The number of fused-ring (bicyclic) bond motifs is 1. The third-order valence-electron chi connectivity index (χ3n) is 6.73. The van der Waals surface area contributed by atoms with Crippen molar-refractivity contribution in [3.8, 4) is 5.75 Å². The van der Waals surface area contributed by atoms with Gasteiger partial charge >= 0.3 is 0 Å². The van der Waals surface area contributed by atoms with Gasteiger partial charge in [0.1, 0.15) is 18.2 Å².